The first-order valence-electron chi connectivity index (χ1n) is 8.85. The fourth-order valence-electron chi connectivity index (χ4n) is 3.55. The molecule has 2 aliphatic rings. The minimum Gasteiger partial charge on any atom is -0.333 e. The zero-order valence-electron chi connectivity index (χ0n) is 13.8. The number of aromatic nitrogens is 1. The van der Waals surface area contributed by atoms with Gasteiger partial charge in [-0.3, -0.25) is 9.78 Å². The summed E-state index contributed by atoms with van der Waals surface area (Å²) in [5, 5.41) is 0. The van der Waals surface area contributed by atoms with Gasteiger partial charge in [-0.1, -0.05) is 6.07 Å². The Bertz CT molecular complexity index is 490. The van der Waals surface area contributed by atoms with Crippen molar-refractivity contribution in [2.75, 3.05) is 37.7 Å². The third kappa shape index (κ3) is 4.70. The Balaban J connectivity index is 1.48. The highest BCUT2D eigenvalue weighted by Crippen LogP contribution is 2.30. The van der Waals surface area contributed by atoms with Gasteiger partial charge in [-0.05, 0) is 57.3 Å². The molecule has 0 aliphatic carbocycles. The maximum Gasteiger partial charge on any atom is 0.233 e. The fraction of sp³-hybridized carbons (Fsp3) is 0.667. The van der Waals surface area contributed by atoms with Gasteiger partial charge in [0.25, 0.3) is 0 Å². The molecule has 0 N–H and O–H groups in total. The molecule has 0 saturated carbocycles. The van der Waals surface area contributed by atoms with Crippen LogP contribution in [-0.2, 0) is 4.79 Å². The van der Waals surface area contributed by atoms with E-state index in [0.29, 0.717) is 5.75 Å². The number of amides is 1. The molecule has 3 rings (SSSR count). The molecule has 23 heavy (non-hydrogen) atoms. The van der Waals surface area contributed by atoms with Crippen LogP contribution >= 0.6 is 11.8 Å². The normalized spacial score (nSPS) is 22.4. The molecule has 2 fully saturated rings. The molecule has 0 spiro atoms. The van der Waals surface area contributed by atoms with Crippen molar-refractivity contribution in [2.45, 2.75) is 38.1 Å². The molecule has 1 atom stereocenters. The second-order valence-corrected chi connectivity index (χ2v) is 7.56. The van der Waals surface area contributed by atoms with Gasteiger partial charge >= 0.3 is 0 Å². The van der Waals surface area contributed by atoms with Crippen molar-refractivity contribution >= 4 is 17.7 Å². The number of rotatable bonds is 6. The van der Waals surface area contributed by atoms with Gasteiger partial charge in [0, 0.05) is 25.0 Å². The third-order valence-corrected chi connectivity index (χ3v) is 5.75. The van der Waals surface area contributed by atoms with E-state index in [1.807, 2.05) is 18.3 Å². The van der Waals surface area contributed by atoms with Crippen LogP contribution < -0.4 is 0 Å². The molecule has 0 aromatic carbocycles. The molecule has 1 amide bonds. The van der Waals surface area contributed by atoms with Crippen LogP contribution in [0.5, 0.6) is 0 Å². The number of likely N-dealkylation sites (tertiary alicyclic amines) is 2. The molecule has 1 aromatic rings. The second kappa shape index (κ2) is 8.69. The standard InChI is InChI=1S/C18H27N3OS/c22-18(15-23-14-13-20-10-5-6-11-20)21-12-4-2-8-17(21)16-7-1-3-9-19-16/h1,3,7,9,17H,2,4-6,8,10-15H2. The molecule has 5 heteroatoms. The number of hydrogen-bond donors (Lipinski definition) is 0. The smallest absolute Gasteiger partial charge is 0.233 e. The Morgan fingerprint density at radius 2 is 2.00 bits per heavy atom. The topological polar surface area (TPSA) is 36.4 Å². The summed E-state index contributed by atoms with van der Waals surface area (Å²) in [7, 11) is 0. The number of hydrogen-bond acceptors (Lipinski definition) is 4. The maximum atomic E-state index is 12.6. The summed E-state index contributed by atoms with van der Waals surface area (Å²) in [6, 6.07) is 6.19. The summed E-state index contributed by atoms with van der Waals surface area (Å²) in [6.07, 6.45) is 7.85. The first-order valence-corrected chi connectivity index (χ1v) is 10.0. The summed E-state index contributed by atoms with van der Waals surface area (Å²) in [5.74, 6) is 1.96. The average Bonchev–Trinajstić information content (AvgIpc) is 3.13. The summed E-state index contributed by atoms with van der Waals surface area (Å²) >= 11 is 1.79. The van der Waals surface area contributed by atoms with Crippen LogP contribution in [0.2, 0.25) is 0 Å². The zero-order chi connectivity index (χ0) is 15.9. The molecule has 0 bridgehead atoms. The lowest BCUT2D eigenvalue weighted by molar-refractivity contribution is -0.132. The van der Waals surface area contributed by atoms with Crippen molar-refractivity contribution in [3.8, 4) is 0 Å². The Morgan fingerprint density at radius 3 is 2.78 bits per heavy atom. The Kier molecular flexibility index (Phi) is 6.34. The van der Waals surface area contributed by atoms with Crippen molar-refractivity contribution in [3.05, 3.63) is 30.1 Å². The summed E-state index contributed by atoms with van der Waals surface area (Å²) < 4.78 is 0. The highest BCUT2D eigenvalue weighted by molar-refractivity contribution is 7.99. The predicted molar refractivity (Wildman–Crippen MR) is 95.5 cm³/mol. The summed E-state index contributed by atoms with van der Waals surface area (Å²) in [5.41, 5.74) is 1.04. The Morgan fingerprint density at radius 1 is 1.17 bits per heavy atom. The lowest BCUT2D eigenvalue weighted by Gasteiger charge is -2.35. The average molecular weight is 334 g/mol. The van der Waals surface area contributed by atoms with Crippen LogP contribution in [0.15, 0.2) is 24.4 Å². The zero-order valence-corrected chi connectivity index (χ0v) is 14.6. The Hall–Kier alpha value is -1.07. The number of piperidine rings is 1. The molecule has 126 valence electrons. The van der Waals surface area contributed by atoms with Gasteiger partial charge in [0.15, 0.2) is 0 Å². The first kappa shape index (κ1) is 16.8. The van der Waals surface area contributed by atoms with E-state index in [1.165, 1.54) is 32.4 Å². The third-order valence-electron chi connectivity index (χ3n) is 4.83. The number of carbonyl (C=O) groups is 1. The highest BCUT2D eigenvalue weighted by atomic mass is 32.2. The van der Waals surface area contributed by atoms with Gasteiger partial charge in [0.05, 0.1) is 17.5 Å². The molecule has 0 radical (unpaired) electrons. The van der Waals surface area contributed by atoms with Crippen LogP contribution in [-0.4, -0.2) is 58.4 Å². The number of carbonyl (C=O) groups excluding carboxylic acids is 1. The van der Waals surface area contributed by atoms with E-state index in [4.69, 9.17) is 0 Å². The van der Waals surface area contributed by atoms with Gasteiger partial charge in [0.1, 0.15) is 0 Å². The molecular formula is C18H27N3OS. The predicted octanol–water partition coefficient (Wildman–Crippen LogP) is 2.96. The van der Waals surface area contributed by atoms with Gasteiger partial charge in [-0.25, -0.2) is 0 Å². The van der Waals surface area contributed by atoms with E-state index in [2.05, 4.69) is 20.9 Å². The molecule has 2 saturated heterocycles. The van der Waals surface area contributed by atoms with Crippen LogP contribution in [0.25, 0.3) is 0 Å². The molecule has 2 aliphatic heterocycles. The lowest BCUT2D eigenvalue weighted by atomic mass is 9.99. The van der Waals surface area contributed by atoms with E-state index >= 15 is 0 Å². The van der Waals surface area contributed by atoms with Crippen molar-refractivity contribution in [1.29, 1.82) is 0 Å². The summed E-state index contributed by atoms with van der Waals surface area (Å²) in [6.45, 7) is 4.49. The minimum atomic E-state index is 0.177. The number of thioether (sulfide) groups is 1. The largest absolute Gasteiger partial charge is 0.333 e. The number of pyridine rings is 1. The van der Waals surface area contributed by atoms with E-state index < -0.39 is 0 Å². The van der Waals surface area contributed by atoms with Crippen molar-refractivity contribution in [3.63, 3.8) is 0 Å². The van der Waals surface area contributed by atoms with Crippen molar-refractivity contribution in [1.82, 2.24) is 14.8 Å². The SMILES string of the molecule is O=C(CSCCN1CCCC1)N1CCCCC1c1ccccn1. The fourth-order valence-corrected chi connectivity index (χ4v) is 4.42. The van der Waals surface area contributed by atoms with Gasteiger partial charge in [-0.15, -0.1) is 0 Å². The quantitative estimate of drug-likeness (QED) is 0.750. The van der Waals surface area contributed by atoms with Gasteiger partial charge in [0.2, 0.25) is 5.91 Å². The van der Waals surface area contributed by atoms with E-state index in [9.17, 15) is 4.79 Å². The maximum absolute atomic E-state index is 12.6. The summed E-state index contributed by atoms with van der Waals surface area (Å²) in [4.78, 5) is 21.7. The molecule has 1 unspecified atom stereocenters. The minimum absolute atomic E-state index is 0.177. The highest BCUT2D eigenvalue weighted by Gasteiger charge is 2.28. The van der Waals surface area contributed by atoms with Crippen LogP contribution in [0.3, 0.4) is 0 Å². The molecule has 3 heterocycles. The van der Waals surface area contributed by atoms with Gasteiger partial charge in [-0.2, -0.15) is 11.8 Å². The van der Waals surface area contributed by atoms with E-state index in [-0.39, 0.29) is 11.9 Å². The van der Waals surface area contributed by atoms with Crippen molar-refractivity contribution in [2.24, 2.45) is 0 Å². The Labute approximate surface area is 143 Å². The van der Waals surface area contributed by atoms with Gasteiger partial charge < -0.3 is 9.80 Å². The molecule has 4 nitrogen and oxygen atoms in total. The van der Waals surface area contributed by atoms with Crippen LogP contribution in [0, 0.1) is 0 Å². The lowest BCUT2D eigenvalue weighted by Crippen LogP contribution is -2.40. The van der Waals surface area contributed by atoms with Crippen molar-refractivity contribution < 1.29 is 4.79 Å². The van der Waals surface area contributed by atoms with E-state index in [1.54, 1.807) is 11.8 Å². The molecular weight excluding hydrogens is 306 g/mol. The second-order valence-electron chi connectivity index (χ2n) is 6.45. The van der Waals surface area contributed by atoms with Crippen LogP contribution in [0.1, 0.15) is 43.8 Å². The monoisotopic (exact) mass is 333 g/mol. The van der Waals surface area contributed by atoms with Crippen LogP contribution in [0.4, 0.5) is 0 Å². The van der Waals surface area contributed by atoms with E-state index in [0.717, 1.165) is 37.4 Å². The first-order chi connectivity index (χ1) is 11.3. The molecule has 1 aromatic heterocycles. The number of nitrogens with zero attached hydrogens (tertiary/aromatic N) is 3.